The Balaban J connectivity index is 1.56. The number of aromatic nitrogens is 4. The van der Waals surface area contributed by atoms with E-state index in [1.807, 2.05) is 13.0 Å². The van der Waals surface area contributed by atoms with E-state index >= 15 is 0 Å². The summed E-state index contributed by atoms with van der Waals surface area (Å²) >= 11 is 0. The van der Waals surface area contributed by atoms with Crippen LogP contribution in [0.1, 0.15) is 18.5 Å². The zero-order valence-electron chi connectivity index (χ0n) is 18.0. The molecule has 1 saturated carbocycles. The largest absolute Gasteiger partial charge is 0.474 e. The number of nitrogens with zero attached hydrogens (tertiary/aromatic N) is 6. The Kier molecular flexibility index (Phi) is 6.03. The number of carbonyl (C=O) groups excluding carboxylic acids is 1. The van der Waals surface area contributed by atoms with Crippen LogP contribution in [0.15, 0.2) is 12.3 Å². The molecule has 11 heteroatoms. The van der Waals surface area contributed by atoms with Crippen molar-refractivity contribution in [2.45, 2.75) is 31.9 Å². The van der Waals surface area contributed by atoms with Crippen molar-refractivity contribution >= 4 is 17.9 Å². The monoisotopic (exact) mass is 428 g/mol. The first-order valence-corrected chi connectivity index (χ1v) is 10.4. The lowest BCUT2D eigenvalue weighted by atomic mass is 9.88. The quantitative estimate of drug-likeness (QED) is 0.711. The fraction of sp³-hybridized carbons (Fsp3) is 0.550. The third-order valence-corrected chi connectivity index (χ3v) is 5.70. The SMILES string of the molecule is CNC(=O)N(C)[C@H]1C[C@H](Oc2cc(-c3cnc(N)nc3C)nc(N3CCOCC3)n2)C1. The van der Waals surface area contributed by atoms with E-state index in [-0.39, 0.29) is 24.1 Å². The molecule has 1 saturated heterocycles. The highest BCUT2D eigenvalue weighted by Crippen LogP contribution is 2.31. The van der Waals surface area contributed by atoms with E-state index in [1.54, 1.807) is 25.2 Å². The molecule has 0 atom stereocenters. The van der Waals surface area contributed by atoms with Crippen LogP contribution in [0, 0.1) is 6.92 Å². The first-order valence-electron chi connectivity index (χ1n) is 10.4. The van der Waals surface area contributed by atoms with Crippen molar-refractivity contribution in [2.75, 3.05) is 51.0 Å². The Morgan fingerprint density at radius 2 is 2.03 bits per heavy atom. The van der Waals surface area contributed by atoms with Crippen LogP contribution in [-0.4, -0.2) is 83.4 Å². The molecule has 2 fully saturated rings. The van der Waals surface area contributed by atoms with Crippen molar-refractivity contribution in [1.82, 2.24) is 30.2 Å². The van der Waals surface area contributed by atoms with Gasteiger partial charge in [-0.3, -0.25) is 0 Å². The van der Waals surface area contributed by atoms with E-state index in [9.17, 15) is 4.79 Å². The number of amides is 2. The van der Waals surface area contributed by atoms with E-state index in [1.165, 1.54) is 0 Å². The molecule has 166 valence electrons. The van der Waals surface area contributed by atoms with E-state index in [2.05, 4.69) is 25.2 Å². The van der Waals surface area contributed by atoms with Crippen LogP contribution < -0.4 is 20.7 Å². The summed E-state index contributed by atoms with van der Waals surface area (Å²) in [5, 5.41) is 2.65. The van der Waals surface area contributed by atoms with Crippen molar-refractivity contribution in [3.63, 3.8) is 0 Å². The zero-order valence-corrected chi connectivity index (χ0v) is 18.0. The topological polar surface area (TPSA) is 132 Å². The number of anilines is 2. The number of urea groups is 1. The van der Waals surface area contributed by atoms with Gasteiger partial charge in [0.15, 0.2) is 0 Å². The predicted molar refractivity (Wildman–Crippen MR) is 115 cm³/mol. The van der Waals surface area contributed by atoms with Gasteiger partial charge in [-0.05, 0) is 6.92 Å². The first-order chi connectivity index (χ1) is 14.9. The Morgan fingerprint density at radius 3 is 2.71 bits per heavy atom. The maximum Gasteiger partial charge on any atom is 0.317 e. The fourth-order valence-electron chi connectivity index (χ4n) is 3.72. The first kappa shape index (κ1) is 21.0. The van der Waals surface area contributed by atoms with Crippen LogP contribution in [0.3, 0.4) is 0 Å². The lowest BCUT2D eigenvalue weighted by molar-refractivity contribution is 0.0409. The molecule has 11 nitrogen and oxygen atoms in total. The van der Waals surface area contributed by atoms with Gasteiger partial charge in [0.2, 0.25) is 17.8 Å². The van der Waals surface area contributed by atoms with Crippen LogP contribution in [0.4, 0.5) is 16.7 Å². The molecule has 2 amide bonds. The summed E-state index contributed by atoms with van der Waals surface area (Å²) in [6, 6.07) is 1.86. The molecule has 0 spiro atoms. The van der Waals surface area contributed by atoms with Gasteiger partial charge in [-0.1, -0.05) is 0 Å². The Morgan fingerprint density at radius 1 is 1.29 bits per heavy atom. The highest BCUT2D eigenvalue weighted by atomic mass is 16.5. The van der Waals surface area contributed by atoms with Gasteiger partial charge in [-0.15, -0.1) is 0 Å². The molecular weight excluding hydrogens is 400 g/mol. The molecule has 2 aromatic heterocycles. The molecule has 0 radical (unpaired) electrons. The molecule has 4 rings (SSSR count). The number of nitrogens with two attached hydrogens (primary N) is 1. The number of rotatable bonds is 5. The standard InChI is InChI=1S/C20H28N8O3/c1-12-15(11-23-18(21)24-12)16-10-17(26-19(25-16)28-4-6-30-7-5-28)31-14-8-13(9-14)27(3)20(29)22-2/h10-11,13-14H,4-9H2,1-3H3,(H,22,29)(H2,21,23,24)/t13-,14-. The van der Waals surface area contributed by atoms with E-state index in [4.69, 9.17) is 20.2 Å². The summed E-state index contributed by atoms with van der Waals surface area (Å²) < 4.78 is 11.6. The maximum atomic E-state index is 11.8. The van der Waals surface area contributed by atoms with Gasteiger partial charge in [-0.25, -0.2) is 19.7 Å². The van der Waals surface area contributed by atoms with Gasteiger partial charge in [0.1, 0.15) is 6.10 Å². The smallest absolute Gasteiger partial charge is 0.317 e. The zero-order chi connectivity index (χ0) is 22.0. The average Bonchev–Trinajstić information content (AvgIpc) is 2.75. The van der Waals surface area contributed by atoms with Crippen LogP contribution in [0.25, 0.3) is 11.3 Å². The molecule has 0 unspecified atom stereocenters. The number of morpholine rings is 1. The minimum Gasteiger partial charge on any atom is -0.474 e. The highest BCUT2D eigenvalue weighted by molar-refractivity contribution is 5.74. The summed E-state index contributed by atoms with van der Waals surface area (Å²) in [7, 11) is 3.42. The van der Waals surface area contributed by atoms with Crippen LogP contribution in [0.5, 0.6) is 5.88 Å². The molecule has 3 heterocycles. The van der Waals surface area contributed by atoms with Gasteiger partial charge in [0.05, 0.1) is 24.6 Å². The minimum atomic E-state index is -0.0961. The lowest BCUT2D eigenvalue weighted by Crippen LogP contribution is -2.52. The van der Waals surface area contributed by atoms with Crippen molar-refractivity contribution < 1.29 is 14.3 Å². The predicted octanol–water partition coefficient (Wildman–Crippen LogP) is 0.842. The number of nitrogen functional groups attached to an aromatic ring is 1. The van der Waals surface area contributed by atoms with Gasteiger partial charge in [0, 0.05) is 63.9 Å². The Bertz CT molecular complexity index is 944. The number of hydrogen-bond donors (Lipinski definition) is 2. The van der Waals surface area contributed by atoms with E-state index in [0.29, 0.717) is 43.8 Å². The summed E-state index contributed by atoms with van der Waals surface area (Å²) in [4.78, 5) is 33.4. The molecule has 3 N–H and O–H groups in total. The van der Waals surface area contributed by atoms with Gasteiger partial charge >= 0.3 is 6.03 Å². The lowest BCUT2D eigenvalue weighted by Gasteiger charge is -2.40. The normalized spacial score (nSPS) is 20.7. The molecule has 1 aliphatic carbocycles. The maximum absolute atomic E-state index is 11.8. The number of ether oxygens (including phenoxy) is 2. The third-order valence-electron chi connectivity index (χ3n) is 5.70. The van der Waals surface area contributed by atoms with Gasteiger partial charge in [0.25, 0.3) is 0 Å². The molecule has 0 aromatic carbocycles. The molecule has 0 bridgehead atoms. The number of carbonyl (C=O) groups is 1. The molecule has 31 heavy (non-hydrogen) atoms. The number of nitrogens with one attached hydrogen (secondary N) is 1. The fourth-order valence-corrected chi connectivity index (χ4v) is 3.72. The summed E-state index contributed by atoms with van der Waals surface area (Å²) in [6.45, 7) is 4.55. The van der Waals surface area contributed by atoms with Crippen LogP contribution in [0.2, 0.25) is 0 Å². The molecule has 1 aliphatic heterocycles. The molecule has 2 aromatic rings. The summed E-state index contributed by atoms with van der Waals surface area (Å²) in [6.07, 6.45) is 3.16. The van der Waals surface area contributed by atoms with E-state index in [0.717, 1.165) is 24.1 Å². The molecule has 2 aliphatic rings. The summed E-state index contributed by atoms with van der Waals surface area (Å²) in [5.41, 5.74) is 7.91. The average molecular weight is 428 g/mol. The number of aryl methyl sites for hydroxylation is 1. The summed E-state index contributed by atoms with van der Waals surface area (Å²) in [5.74, 6) is 1.31. The van der Waals surface area contributed by atoms with E-state index < -0.39 is 0 Å². The molecular formula is C20H28N8O3. The van der Waals surface area contributed by atoms with Crippen molar-refractivity contribution in [2.24, 2.45) is 0 Å². The third kappa shape index (κ3) is 4.61. The Labute approximate surface area is 181 Å². The second kappa shape index (κ2) is 8.88. The Hall–Kier alpha value is -3.21. The second-order valence-electron chi connectivity index (χ2n) is 7.75. The van der Waals surface area contributed by atoms with Crippen molar-refractivity contribution in [1.29, 1.82) is 0 Å². The number of hydrogen-bond acceptors (Lipinski definition) is 9. The van der Waals surface area contributed by atoms with Crippen LogP contribution in [-0.2, 0) is 4.74 Å². The van der Waals surface area contributed by atoms with Crippen molar-refractivity contribution in [3.05, 3.63) is 18.0 Å². The second-order valence-corrected chi connectivity index (χ2v) is 7.75. The van der Waals surface area contributed by atoms with Gasteiger partial charge in [-0.2, -0.15) is 4.98 Å². The highest BCUT2D eigenvalue weighted by Gasteiger charge is 2.36. The van der Waals surface area contributed by atoms with Gasteiger partial charge < -0.3 is 30.3 Å². The van der Waals surface area contributed by atoms with Crippen molar-refractivity contribution in [3.8, 4) is 17.1 Å². The van der Waals surface area contributed by atoms with Crippen LogP contribution >= 0.6 is 0 Å². The minimum absolute atomic E-state index is 0.0128.